The molecule has 1 aliphatic rings. The lowest BCUT2D eigenvalue weighted by atomic mass is 10.3. The maximum absolute atomic E-state index is 11.9. The smallest absolute Gasteiger partial charge is 0.234 e. The molecule has 1 saturated heterocycles. The molecule has 2 N–H and O–H groups in total. The number of piperazine rings is 1. The fourth-order valence-electron chi connectivity index (χ4n) is 3.51. The average molecular weight is 417 g/mol. The number of amides is 1. The minimum absolute atomic E-state index is 0.0454. The van der Waals surface area contributed by atoms with Gasteiger partial charge in [0.15, 0.2) is 11.6 Å². The van der Waals surface area contributed by atoms with Crippen LogP contribution in [0.4, 0.5) is 0 Å². The molecule has 164 valence electrons. The molecule has 30 heavy (non-hydrogen) atoms. The van der Waals surface area contributed by atoms with Crippen molar-refractivity contribution in [3.63, 3.8) is 0 Å². The quantitative estimate of drug-likeness (QED) is 0.327. The average Bonchev–Trinajstić information content (AvgIpc) is 3.18. The fourth-order valence-corrected chi connectivity index (χ4v) is 3.51. The van der Waals surface area contributed by atoms with Gasteiger partial charge in [-0.3, -0.25) is 19.1 Å². The summed E-state index contributed by atoms with van der Waals surface area (Å²) in [5.41, 5.74) is 0.876. The number of nitrogens with one attached hydrogen (secondary N) is 2. The van der Waals surface area contributed by atoms with Crippen LogP contribution in [-0.2, 0) is 16.0 Å². The van der Waals surface area contributed by atoms with Crippen LogP contribution in [0.3, 0.4) is 0 Å². The van der Waals surface area contributed by atoms with Gasteiger partial charge in [0.25, 0.3) is 0 Å². The molecule has 0 unspecified atom stereocenters. The molecule has 0 aromatic carbocycles. The lowest BCUT2D eigenvalue weighted by Crippen LogP contribution is -2.54. The van der Waals surface area contributed by atoms with E-state index in [1.807, 2.05) is 35.8 Å². The van der Waals surface area contributed by atoms with E-state index < -0.39 is 0 Å². The third-order valence-corrected chi connectivity index (χ3v) is 5.12. The van der Waals surface area contributed by atoms with Crippen LogP contribution in [0, 0.1) is 0 Å². The minimum Gasteiger partial charge on any atom is -0.383 e. The first kappa shape index (κ1) is 22.0. The summed E-state index contributed by atoms with van der Waals surface area (Å²) in [4.78, 5) is 20.8. The summed E-state index contributed by atoms with van der Waals surface area (Å²) in [7, 11) is 3.44. The Kier molecular flexibility index (Phi) is 8.40. The number of aliphatic imine (C=N–C) groups is 1. The van der Waals surface area contributed by atoms with Gasteiger partial charge in [-0.25, -0.2) is 0 Å². The highest BCUT2D eigenvalue weighted by atomic mass is 16.5. The minimum atomic E-state index is 0.0454. The maximum atomic E-state index is 11.9. The molecule has 1 fully saturated rings. The largest absolute Gasteiger partial charge is 0.383 e. The molecule has 10 nitrogen and oxygen atoms in total. The molecule has 2 aromatic heterocycles. The number of fused-ring (bicyclic) bond motifs is 1. The second-order valence-corrected chi connectivity index (χ2v) is 7.23. The molecule has 0 atom stereocenters. The van der Waals surface area contributed by atoms with E-state index in [-0.39, 0.29) is 5.91 Å². The Hall–Kier alpha value is -2.72. The molecule has 3 heterocycles. The Bertz CT molecular complexity index is 829. The highest BCUT2D eigenvalue weighted by Gasteiger charge is 2.21. The van der Waals surface area contributed by atoms with Crippen LogP contribution in [0.25, 0.3) is 5.65 Å². The monoisotopic (exact) mass is 416 g/mol. The number of rotatable bonds is 9. The first-order valence-corrected chi connectivity index (χ1v) is 10.4. The maximum Gasteiger partial charge on any atom is 0.234 e. The van der Waals surface area contributed by atoms with E-state index in [4.69, 9.17) is 4.74 Å². The number of ether oxygens (including phenoxy) is 1. The molecule has 0 aliphatic carbocycles. The molecule has 0 spiro atoms. The number of aryl methyl sites for hydroxylation is 1. The lowest BCUT2D eigenvalue weighted by molar-refractivity contribution is -0.122. The predicted molar refractivity (Wildman–Crippen MR) is 116 cm³/mol. The van der Waals surface area contributed by atoms with Crippen molar-refractivity contribution < 1.29 is 9.53 Å². The zero-order chi connectivity index (χ0) is 21.2. The van der Waals surface area contributed by atoms with E-state index in [2.05, 4.69) is 35.6 Å². The number of pyridine rings is 1. The molecular formula is C20H32N8O2. The molecule has 1 aliphatic heterocycles. The first-order chi connectivity index (χ1) is 14.7. The zero-order valence-corrected chi connectivity index (χ0v) is 17.9. The van der Waals surface area contributed by atoms with E-state index in [0.717, 1.165) is 63.0 Å². The third-order valence-electron chi connectivity index (χ3n) is 5.12. The Labute approximate surface area is 177 Å². The van der Waals surface area contributed by atoms with Crippen LogP contribution in [0.1, 0.15) is 12.2 Å². The van der Waals surface area contributed by atoms with Gasteiger partial charge in [0.05, 0.1) is 13.2 Å². The van der Waals surface area contributed by atoms with Crippen LogP contribution in [0.15, 0.2) is 29.4 Å². The molecule has 0 bridgehead atoms. The predicted octanol–water partition coefficient (Wildman–Crippen LogP) is -0.382. The standard InChI is InChI=1S/C20H32N8O2/c1-21-20(23-8-5-7-18-25-24-17-6-3-4-10-28(17)18)27-13-11-26(12-14-27)16-19(29)22-9-15-30-2/h3-4,6,10H,5,7-9,11-16H2,1-2H3,(H,21,23)(H,22,29). The van der Waals surface area contributed by atoms with Gasteiger partial charge in [0.1, 0.15) is 5.82 Å². The summed E-state index contributed by atoms with van der Waals surface area (Å²) in [5.74, 6) is 1.93. The number of hydrogen-bond acceptors (Lipinski definition) is 6. The van der Waals surface area contributed by atoms with Gasteiger partial charge >= 0.3 is 0 Å². The Balaban J connectivity index is 1.36. The Morgan fingerprint density at radius 1 is 1.17 bits per heavy atom. The van der Waals surface area contributed by atoms with Crippen molar-refractivity contribution in [3.8, 4) is 0 Å². The number of carbonyl (C=O) groups excluding carboxylic acids is 1. The highest BCUT2D eigenvalue weighted by Crippen LogP contribution is 2.05. The molecule has 1 amide bonds. The summed E-state index contributed by atoms with van der Waals surface area (Å²) in [6, 6.07) is 5.91. The van der Waals surface area contributed by atoms with Crippen molar-refractivity contribution in [2.45, 2.75) is 12.8 Å². The van der Waals surface area contributed by atoms with Gasteiger partial charge in [-0.05, 0) is 18.6 Å². The number of methoxy groups -OCH3 is 1. The number of carbonyl (C=O) groups is 1. The van der Waals surface area contributed by atoms with Crippen molar-refractivity contribution in [1.82, 2.24) is 35.0 Å². The lowest BCUT2D eigenvalue weighted by Gasteiger charge is -2.36. The van der Waals surface area contributed by atoms with Crippen LogP contribution < -0.4 is 10.6 Å². The van der Waals surface area contributed by atoms with Gasteiger partial charge in [-0.2, -0.15) is 0 Å². The van der Waals surface area contributed by atoms with Crippen molar-refractivity contribution in [2.75, 3.05) is 66.6 Å². The van der Waals surface area contributed by atoms with Crippen molar-refractivity contribution in [2.24, 2.45) is 4.99 Å². The van der Waals surface area contributed by atoms with Crippen LogP contribution in [0.5, 0.6) is 0 Å². The van der Waals surface area contributed by atoms with Crippen molar-refractivity contribution in [1.29, 1.82) is 0 Å². The van der Waals surface area contributed by atoms with Gasteiger partial charge in [0.2, 0.25) is 5.91 Å². The number of hydrogen-bond donors (Lipinski definition) is 2. The van der Waals surface area contributed by atoms with Gasteiger partial charge in [-0.1, -0.05) is 6.07 Å². The van der Waals surface area contributed by atoms with Crippen molar-refractivity contribution >= 4 is 17.5 Å². The summed E-state index contributed by atoms with van der Waals surface area (Å²) in [6.07, 6.45) is 3.78. The van der Waals surface area contributed by atoms with E-state index in [9.17, 15) is 4.79 Å². The zero-order valence-electron chi connectivity index (χ0n) is 17.9. The molecule has 3 rings (SSSR count). The number of nitrogens with zero attached hydrogens (tertiary/aromatic N) is 6. The first-order valence-electron chi connectivity index (χ1n) is 10.4. The van der Waals surface area contributed by atoms with Crippen LogP contribution in [-0.4, -0.2) is 103 Å². The van der Waals surface area contributed by atoms with Gasteiger partial charge in [-0.15, -0.1) is 10.2 Å². The van der Waals surface area contributed by atoms with Crippen LogP contribution >= 0.6 is 0 Å². The normalized spacial score (nSPS) is 15.5. The second-order valence-electron chi connectivity index (χ2n) is 7.23. The molecule has 2 aromatic rings. The van der Waals surface area contributed by atoms with Gasteiger partial charge in [0, 0.05) is 66.0 Å². The van der Waals surface area contributed by atoms with E-state index in [1.165, 1.54) is 0 Å². The fraction of sp³-hybridized carbons (Fsp3) is 0.600. The van der Waals surface area contributed by atoms with E-state index in [1.54, 1.807) is 7.11 Å². The van der Waals surface area contributed by atoms with E-state index >= 15 is 0 Å². The molecular weight excluding hydrogens is 384 g/mol. The SMILES string of the molecule is CN=C(NCCCc1nnc2ccccn12)N1CCN(CC(=O)NCCOC)CC1. The Morgan fingerprint density at radius 2 is 2.00 bits per heavy atom. The summed E-state index contributed by atoms with van der Waals surface area (Å²) >= 11 is 0. The van der Waals surface area contributed by atoms with E-state index in [0.29, 0.717) is 19.7 Å². The third kappa shape index (κ3) is 6.14. The summed E-state index contributed by atoms with van der Waals surface area (Å²) < 4.78 is 6.98. The van der Waals surface area contributed by atoms with Crippen LogP contribution in [0.2, 0.25) is 0 Å². The number of aromatic nitrogens is 3. The summed E-state index contributed by atoms with van der Waals surface area (Å²) in [6.45, 7) is 5.70. The Morgan fingerprint density at radius 3 is 2.77 bits per heavy atom. The molecule has 0 radical (unpaired) electrons. The summed E-state index contributed by atoms with van der Waals surface area (Å²) in [5, 5.41) is 14.8. The second kappa shape index (κ2) is 11.5. The number of guanidine groups is 1. The molecule has 0 saturated carbocycles. The molecule has 10 heteroatoms. The van der Waals surface area contributed by atoms with Crippen molar-refractivity contribution in [3.05, 3.63) is 30.2 Å². The highest BCUT2D eigenvalue weighted by molar-refractivity contribution is 5.80. The topological polar surface area (TPSA) is 99.4 Å². The van der Waals surface area contributed by atoms with Gasteiger partial charge < -0.3 is 20.3 Å².